The van der Waals surface area contributed by atoms with E-state index in [1.54, 1.807) is 31.2 Å². The SMILES string of the molecule is Cc1cc(S(=O)(=O)N(C)Cc2ccc(Br)o2)ccc1N. The van der Waals surface area contributed by atoms with Gasteiger partial charge in [0.2, 0.25) is 10.0 Å². The Morgan fingerprint density at radius 3 is 2.55 bits per heavy atom. The summed E-state index contributed by atoms with van der Waals surface area (Å²) >= 11 is 3.19. The first kappa shape index (κ1) is 15.1. The van der Waals surface area contributed by atoms with Crippen LogP contribution in [0.2, 0.25) is 0 Å². The van der Waals surface area contributed by atoms with E-state index in [1.165, 1.54) is 17.4 Å². The van der Waals surface area contributed by atoms with Crippen molar-refractivity contribution in [3.63, 3.8) is 0 Å². The van der Waals surface area contributed by atoms with Gasteiger partial charge in [-0.15, -0.1) is 0 Å². The number of nitrogens with two attached hydrogens (primary N) is 1. The summed E-state index contributed by atoms with van der Waals surface area (Å²) in [5.41, 5.74) is 7.01. The molecule has 0 saturated heterocycles. The van der Waals surface area contributed by atoms with Gasteiger partial charge in [0.15, 0.2) is 4.67 Å². The fraction of sp³-hybridized carbons (Fsp3) is 0.231. The zero-order valence-electron chi connectivity index (χ0n) is 11.1. The van der Waals surface area contributed by atoms with E-state index in [0.29, 0.717) is 16.1 Å². The molecular weight excluding hydrogens is 344 g/mol. The standard InChI is InChI=1S/C13H15BrN2O3S/c1-9-7-11(4-5-12(9)15)20(17,18)16(2)8-10-3-6-13(14)19-10/h3-7H,8,15H2,1-2H3. The number of sulfonamides is 1. The van der Waals surface area contributed by atoms with Crippen LogP contribution in [0.15, 0.2) is 44.3 Å². The van der Waals surface area contributed by atoms with Crippen LogP contribution in [0.4, 0.5) is 5.69 Å². The second-order valence-corrected chi connectivity index (χ2v) is 7.31. The van der Waals surface area contributed by atoms with Crippen LogP contribution in [0.5, 0.6) is 0 Å². The Bertz CT molecular complexity index is 725. The van der Waals surface area contributed by atoms with Crippen molar-refractivity contribution in [2.75, 3.05) is 12.8 Å². The molecule has 0 aliphatic rings. The quantitative estimate of drug-likeness (QED) is 0.852. The number of halogens is 1. The Morgan fingerprint density at radius 1 is 1.30 bits per heavy atom. The monoisotopic (exact) mass is 358 g/mol. The fourth-order valence-corrected chi connectivity index (χ4v) is 3.29. The van der Waals surface area contributed by atoms with Crippen LogP contribution in [-0.4, -0.2) is 19.8 Å². The molecule has 5 nitrogen and oxygen atoms in total. The number of hydrogen-bond acceptors (Lipinski definition) is 4. The van der Waals surface area contributed by atoms with Crippen molar-refractivity contribution in [1.82, 2.24) is 4.31 Å². The Labute approximate surface area is 126 Å². The van der Waals surface area contributed by atoms with Gasteiger partial charge in [-0.3, -0.25) is 0 Å². The van der Waals surface area contributed by atoms with E-state index in [0.717, 1.165) is 5.56 Å². The zero-order chi connectivity index (χ0) is 14.9. The van der Waals surface area contributed by atoms with Crippen LogP contribution in [0.1, 0.15) is 11.3 Å². The number of anilines is 1. The molecule has 108 valence electrons. The zero-order valence-corrected chi connectivity index (χ0v) is 13.5. The highest BCUT2D eigenvalue weighted by molar-refractivity contribution is 9.10. The van der Waals surface area contributed by atoms with Gasteiger partial charge >= 0.3 is 0 Å². The van der Waals surface area contributed by atoms with Crippen LogP contribution in [0, 0.1) is 6.92 Å². The number of rotatable bonds is 4. The molecule has 0 amide bonds. The number of nitrogen functional groups attached to an aromatic ring is 1. The molecule has 0 fully saturated rings. The van der Waals surface area contributed by atoms with E-state index < -0.39 is 10.0 Å². The first-order chi connectivity index (χ1) is 9.30. The molecule has 1 heterocycles. The lowest BCUT2D eigenvalue weighted by Crippen LogP contribution is -2.26. The second kappa shape index (κ2) is 5.59. The van der Waals surface area contributed by atoms with Crippen LogP contribution < -0.4 is 5.73 Å². The lowest BCUT2D eigenvalue weighted by Gasteiger charge is -2.16. The average molecular weight is 359 g/mol. The Hall–Kier alpha value is -1.31. The molecule has 20 heavy (non-hydrogen) atoms. The maximum atomic E-state index is 12.4. The lowest BCUT2D eigenvalue weighted by molar-refractivity contribution is 0.398. The third-order valence-electron chi connectivity index (χ3n) is 2.96. The minimum absolute atomic E-state index is 0.164. The molecule has 0 radical (unpaired) electrons. The van der Waals surface area contributed by atoms with Crippen LogP contribution in [-0.2, 0) is 16.6 Å². The number of benzene rings is 1. The second-order valence-electron chi connectivity index (χ2n) is 4.49. The summed E-state index contributed by atoms with van der Waals surface area (Å²) in [4.78, 5) is 0.220. The molecular formula is C13H15BrN2O3S. The van der Waals surface area contributed by atoms with Crippen molar-refractivity contribution in [2.24, 2.45) is 0 Å². The minimum atomic E-state index is -3.56. The van der Waals surface area contributed by atoms with Crippen molar-refractivity contribution in [2.45, 2.75) is 18.4 Å². The van der Waals surface area contributed by atoms with Gasteiger partial charge < -0.3 is 10.2 Å². The van der Waals surface area contributed by atoms with Gasteiger partial charge in [0.25, 0.3) is 0 Å². The Kier molecular flexibility index (Phi) is 4.22. The van der Waals surface area contributed by atoms with Gasteiger partial charge in [0.05, 0.1) is 11.4 Å². The number of nitrogens with zero attached hydrogens (tertiary/aromatic N) is 1. The van der Waals surface area contributed by atoms with E-state index in [-0.39, 0.29) is 11.4 Å². The number of furan rings is 1. The largest absolute Gasteiger partial charge is 0.453 e. The van der Waals surface area contributed by atoms with Gasteiger partial charge in [0, 0.05) is 12.7 Å². The molecule has 1 aromatic heterocycles. The molecule has 2 rings (SSSR count). The van der Waals surface area contributed by atoms with Crippen molar-refractivity contribution < 1.29 is 12.8 Å². The van der Waals surface area contributed by atoms with Gasteiger partial charge in [-0.2, -0.15) is 4.31 Å². The van der Waals surface area contributed by atoms with E-state index in [2.05, 4.69) is 15.9 Å². The molecule has 7 heteroatoms. The Morgan fingerprint density at radius 2 is 2.00 bits per heavy atom. The molecule has 0 spiro atoms. The summed E-state index contributed by atoms with van der Waals surface area (Å²) in [5, 5.41) is 0. The summed E-state index contributed by atoms with van der Waals surface area (Å²) in [6.45, 7) is 1.94. The highest BCUT2D eigenvalue weighted by Gasteiger charge is 2.22. The van der Waals surface area contributed by atoms with Gasteiger partial charge in [-0.25, -0.2) is 8.42 Å². The summed E-state index contributed by atoms with van der Waals surface area (Å²) in [6.07, 6.45) is 0. The number of hydrogen-bond donors (Lipinski definition) is 1. The topological polar surface area (TPSA) is 76.5 Å². The number of aryl methyl sites for hydroxylation is 1. The van der Waals surface area contributed by atoms with Crippen molar-refractivity contribution in [3.8, 4) is 0 Å². The third-order valence-corrected chi connectivity index (χ3v) is 5.18. The van der Waals surface area contributed by atoms with Crippen molar-refractivity contribution in [3.05, 3.63) is 46.3 Å². The van der Waals surface area contributed by atoms with E-state index in [4.69, 9.17) is 10.2 Å². The molecule has 0 saturated carbocycles. The molecule has 0 aliphatic carbocycles. The molecule has 0 atom stereocenters. The lowest BCUT2D eigenvalue weighted by atomic mass is 10.2. The molecule has 0 bridgehead atoms. The first-order valence-corrected chi connectivity index (χ1v) is 8.10. The highest BCUT2D eigenvalue weighted by Crippen LogP contribution is 2.22. The van der Waals surface area contributed by atoms with Crippen LogP contribution in [0.25, 0.3) is 0 Å². The molecule has 1 aromatic carbocycles. The van der Waals surface area contributed by atoms with Gasteiger partial charge in [0.1, 0.15) is 5.76 Å². The van der Waals surface area contributed by atoms with E-state index >= 15 is 0 Å². The molecule has 2 aromatic rings. The predicted molar refractivity (Wildman–Crippen MR) is 80.7 cm³/mol. The van der Waals surface area contributed by atoms with E-state index in [9.17, 15) is 8.42 Å². The smallest absolute Gasteiger partial charge is 0.243 e. The normalized spacial score (nSPS) is 12.0. The summed E-state index contributed by atoms with van der Waals surface area (Å²) < 4.78 is 32.0. The van der Waals surface area contributed by atoms with E-state index in [1.807, 2.05) is 0 Å². The maximum Gasteiger partial charge on any atom is 0.243 e. The Balaban J connectivity index is 2.27. The molecule has 0 aliphatic heterocycles. The molecule has 2 N–H and O–H groups in total. The first-order valence-electron chi connectivity index (χ1n) is 5.87. The van der Waals surface area contributed by atoms with Crippen molar-refractivity contribution >= 4 is 31.6 Å². The highest BCUT2D eigenvalue weighted by atomic mass is 79.9. The summed E-state index contributed by atoms with van der Waals surface area (Å²) in [5.74, 6) is 0.565. The van der Waals surface area contributed by atoms with Crippen molar-refractivity contribution in [1.29, 1.82) is 0 Å². The van der Waals surface area contributed by atoms with Crippen LogP contribution >= 0.6 is 15.9 Å². The average Bonchev–Trinajstić information content (AvgIpc) is 2.78. The third kappa shape index (κ3) is 3.05. The summed E-state index contributed by atoms with van der Waals surface area (Å²) in [7, 11) is -2.05. The van der Waals surface area contributed by atoms with Gasteiger partial charge in [-0.05, 0) is 58.7 Å². The minimum Gasteiger partial charge on any atom is -0.453 e. The van der Waals surface area contributed by atoms with Gasteiger partial charge in [-0.1, -0.05) is 0 Å². The maximum absolute atomic E-state index is 12.4. The summed E-state index contributed by atoms with van der Waals surface area (Å²) in [6, 6.07) is 8.12. The van der Waals surface area contributed by atoms with Crippen LogP contribution in [0.3, 0.4) is 0 Å². The fourth-order valence-electron chi connectivity index (χ4n) is 1.73. The molecule has 0 unspecified atom stereocenters. The predicted octanol–water partition coefficient (Wildman–Crippen LogP) is 2.75.